The number of rotatable bonds is 5. The van der Waals surface area contributed by atoms with E-state index >= 15 is 0 Å². The zero-order chi connectivity index (χ0) is 12.9. The average molecular weight is 238 g/mol. The summed E-state index contributed by atoms with van der Waals surface area (Å²) in [4.78, 5) is 2.28. The van der Waals surface area contributed by atoms with Crippen LogP contribution in [0.4, 0.5) is 0 Å². The molecule has 0 aliphatic heterocycles. The number of nitriles is 1. The van der Waals surface area contributed by atoms with Crippen LogP contribution in [0.1, 0.15) is 52.4 Å². The summed E-state index contributed by atoms with van der Waals surface area (Å²) in [6.45, 7) is 4.96. The number of aliphatic hydroxyl groups is 1. The van der Waals surface area contributed by atoms with Crippen molar-refractivity contribution in [3.8, 4) is 6.07 Å². The Morgan fingerprint density at radius 1 is 1.35 bits per heavy atom. The lowest BCUT2D eigenvalue weighted by Gasteiger charge is -2.35. The highest BCUT2D eigenvalue weighted by molar-refractivity contribution is 4.91. The monoisotopic (exact) mass is 238 g/mol. The predicted molar refractivity (Wildman–Crippen MR) is 69.5 cm³/mol. The van der Waals surface area contributed by atoms with Crippen molar-refractivity contribution in [1.82, 2.24) is 4.90 Å². The molecule has 3 heteroatoms. The van der Waals surface area contributed by atoms with E-state index in [1.165, 1.54) is 6.42 Å². The lowest BCUT2D eigenvalue weighted by atomic mass is 9.89. The second-order valence-electron chi connectivity index (χ2n) is 6.00. The third-order valence-corrected chi connectivity index (χ3v) is 3.88. The Balaban J connectivity index is 2.29. The van der Waals surface area contributed by atoms with Crippen molar-refractivity contribution in [3.05, 3.63) is 0 Å². The van der Waals surface area contributed by atoms with Gasteiger partial charge in [-0.2, -0.15) is 5.26 Å². The fourth-order valence-electron chi connectivity index (χ4n) is 2.60. The molecule has 0 aromatic rings. The standard InChI is InChI=1S/C14H26N2O/c1-14(2,11-15)9-6-10-16(3)12-7-4-5-8-13(12)17/h12-13,17H,4-10H2,1-3H3. The first-order valence-corrected chi connectivity index (χ1v) is 6.76. The van der Waals surface area contributed by atoms with E-state index in [1.807, 2.05) is 13.8 Å². The lowest BCUT2D eigenvalue weighted by molar-refractivity contribution is 0.0309. The van der Waals surface area contributed by atoms with Gasteiger partial charge in [0, 0.05) is 6.04 Å². The maximum Gasteiger partial charge on any atom is 0.0695 e. The van der Waals surface area contributed by atoms with Crippen LogP contribution in [0.15, 0.2) is 0 Å². The minimum Gasteiger partial charge on any atom is -0.391 e. The summed E-state index contributed by atoms with van der Waals surface area (Å²) in [6.07, 6.45) is 6.25. The molecule has 0 aromatic carbocycles. The lowest BCUT2D eigenvalue weighted by Crippen LogP contribution is -2.43. The van der Waals surface area contributed by atoms with E-state index in [9.17, 15) is 5.11 Å². The van der Waals surface area contributed by atoms with Gasteiger partial charge in [-0.15, -0.1) is 0 Å². The summed E-state index contributed by atoms with van der Waals surface area (Å²) >= 11 is 0. The molecule has 0 spiro atoms. The van der Waals surface area contributed by atoms with Crippen molar-refractivity contribution in [1.29, 1.82) is 5.26 Å². The average Bonchev–Trinajstić information content (AvgIpc) is 2.29. The Hall–Kier alpha value is -0.590. The van der Waals surface area contributed by atoms with E-state index in [1.54, 1.807) is 0 Å². The summed E-state index contributed by atoms with van der Waals surface area (Å²) in [5, 5.41) is 18.9. The summed E-state index contributed by atoms with van der Waals surface area (Å²) in [6, 6.07) is 2.66. The zero-order valence-corrected chi connectivity index (χ0v) is 11.4. The summed E-state index contributed by atoms with van der Waals surface area (Å²) in [7, 11) is 2.10. The fourth-order valence-corrected chi connectivity index (χ4v) is 2.60. The molecule has 1 fully saturated rings. The van der Waals surface area contributed by atoms with Crippen LogP contribution in [0, 0.1) is 16.7 Å². The van der Waals surface area contributed by atoms with Crippen LogP contribution in [0.3, 0.4) is 0 Å². The molecule has 0 aromatic heterocycles. The SMILES string of the molecule is CN(CCCC(C)(C)C#N)C1CCCCC1O. The molecule has 0 saturated heterocycles. The molecular formula is C14H26N2O. The van der Waals surface area contributed by atoms with Crippen LogP contribution >= 0.6 is 0 Å². The first-order valence-electron chi connectivity index (χ1n) is 6.76. The van der Waals surface area contributed by atoms with E-state index in [0.717, 1.165) is 38.6 Å². The van der Waals surface area contributed by atoms with Crippen molar-refractivity contribution < 1.29 is 5.11 Å². The number of aliphatic hydroxyl groups excluding tert-OH is 1. The van der Waals surface area contributed by atoms with E-state index < -0.39 is 0 Å². The number of nitrogens with zero attached hydrogens (tertiary/aromatic N) is 2. The van der Waals surface area contributed by atoms with Crippen LogP contribution < -0.4 is 0 Å². The second kappa shape index (κ2) is 6.37. The third kappa shape index (κ3) is 4.65. The van der Waals surface area contributed by atoms with Crippen molar-refractivity contribution in [2.75, 3.05) is 13.6 Å². The molecule has 0 bridgehead atoms. The van der Waals surface area contributed by atoms with Gasteiger partial charge in [0.25, 0.3) is 0 Å². The minimum absolute atomic E-state index is 0.155. The molecule has 98 valence electrons. The van der Waals surface area contributed by atoms with Gasteiger partial charge >= 0.3 is 0 Å². The summed E-state index contributed by atoms with van der Waals surface area (Å²) in [5.74, 6) is 0. The smallest absolute Gasteiger partial charge is 0.0695 e. The van der Waals surface area contributed by atoms with Gasteiger partial charge in [-0.25, -0.2) is 0 Å². The Labute approximate surface area is 105 Å². The minimum atomic E-state index is -0.216. The van der Waals surface area contributed by atoms with Gasteiger partial charge < -0.3 is 10.0 Å². The Kier molecular flexibility index (Phi) is 5.42. The summed E-state index contributed by atoms with van der Waals surface area (Å²) < 4.78 is 0. The molecular weight excluding hydrogens is 212 g/mol. The van der Waals surface area contributed by atoms with Gasteiger partial charge in [0.15, 0.2) is 0 Å². The second-order valence-corrected chi connectivity index (χ2v) is 6.00. The highest BCUT2D eigenvalue weighted by Crippen LogP contribution is 2.24. The van der Waals surface area contributed by atoms with Crippen molar-refractivity contribution in [2.24, 2.45) is 5.41 Å². The molecule has 1 N–H and O–H groups in total. The van der Waals surface area contributed by atoms with Gasteiger partial charge in [0.05, 0.1) is 17.6 Å². The first-order chi connectivity index (χ1) is 7.96. The van der Waals surface area contributed by atoms with Crippen LogP contribution in [0.25, 0.3) is 0 Å². The van der Waals surface area contributed by atoms with Crippen molar-refractivity contribution >= 4 is 0 Å². The fraction of sp³-hybridized carbons (Fsp3) is 0.929. The number of hydrogen-bond acceptors (Lipinski definition) is 3. The highest BCUT2D eigenvalue weighted by Gasteiger charge is 2.26. The van der Waals surface area contributed by atoms with Gasteiger partial charge in [0.1, 0.15) is 0 Å². The van der Waals surface area contributed by atoms with Gasteiger partial charge in [-0.3, -0.25) is 0 Å². The Morgan fingerprint density at radius 2 is 2.00 bits per heavy atom. The van der Waals surface area contributed by atoms with Crippen molar-refractivity contribution in [2.45, 2.75) is 64.5 Å². The molecule has 2 unspecified atom stereocenters. The normalized spacial score (nSPS) is 25.9. The van der Waals surface area contributed by atoms with E-state index in [-0.39, 0.29) is 11.5 Å². The predicted octanol–water partition coefficient (Wildman–Crippen LogP) is 2.55. The van der Waals surface area contributed by atoms with E-state index in [4.69, 9.17) is 5.26 Å². The van der Waals surface area contributed by atoms with E-state index in [2.05, 4.69) is 18.0 Å². The molecule has 0 heterocycles. The quantitative estimate of drug-likeness (QED) is 0.800. The molecule has 2 atom stereocenters. The van der Waals surface area contributed by atoms with Crippen molar-refractivity contribution in [3.63, 3.8) is 0 Å². The van der Waals surface area contributed by atoms with Crippen LogP contribution in [0.5, 0.6) is 0 Å². The molecule has 0 radical (unpaired) electrons. The maximum atomic E-state index is 9.95. The molecule has 3 nitrogen and oxygen atoms in total. The Bertz CT molecular complexity index is 270. The number of likely N-dealkylation sites (N-methyl/N-ethyl adjacent to an activating group) is 1. The van der Waals surface area contributed by atoms with Gasteiger partial charge in [0.2, 0.25) is 0 Å². The van der Waals surface area contributed by atoms with Crippen LogP contribution in [0.2, 0.25) is 0 Å². The molecule has 1 rings (SSSR count). The molecule has 17 heavy (non-hydrogen) atoms. The molecule has 1 saturated carbocycles. The highest BCUT2D eigenvalue weighted by atomic mass is 16.3. The summed E-state index contributed by atoms with van der Waals surface area (Å²) in [5.41, 5.74) is -0.216. The first kappa shape index (κ1) is 14.5. The molecule has 0 amide bonds. The number of hydrogen-bond donors (Lipinski definition) is 1. The zero-order valence-electron chi connectivity index (χ0n) is 11.4. The van der Waals surface area contributed by atoms with Gasteiger partial charge in [-0.1, -0.05) is 12.8 Å². The largest absolute Gasteiger partial charge is 0.391 e. The molecule has 1 aliphatic carbocycles. The van der Waals surface area contributed by atoms with E-state index in [0.29, 0.717) is 6.04 Å². The van der Waals surface area contributed by atoms with Crippen LogP contribution in [-0.2, 0) is 0 Å². The topological polar surface area (TPSA) is 47.3 Å². The maximum absolute atomic E-state index is 9.95. The third-order valence-electron chi connectivity index (χ3n) is 3.88. The Morgan fingerprint density at radius 3 is 2.59 bits per heavy atom. The van der Waals surface area contributed by atoms with Gasteiger partial charge in [-0.05, 0) is 53.1 Å². The van der Waals surface area contributed by atoms with Crippen LogP contribution in [-0.4, -0.2) is 35.7 Å². The molecule has 1 aliphatic rings.